The SMILES string of the molecule is CC(N)C(C)C(=O)NCc1ccc(C(C)(C)C)cc1.Cl. The van der Waals surface area contributed by atoms with E-state index in [1.165, 1.54) is 5.56 Å². The molecule has 0 bridgehead atoms. The molecule has 0 fully saturated rings. The van der Waals surface area contributed by atoms with Gasteiger partial charge in [0.1, 0.15) is 0 Å². The molecule has 0 aromatic heterocycles. The minimum absolute atomic E-state index is 0. The van der Waals surface area contributed by atoms with E-state index < -0.39 is 0 Å². The average Bonchev–Trinajstić information content (AvgIpc) is 2.34. The summed E-state index contributed by atoms with van der Waals surface area (Å²) in [6.45, 7) is 10.8. The van der Waals surface area contributed by atoms with Gasteiger partial charge in [-0.15, -0.1) is 12.4 Å². The summed E-state index contributed by atoms with van der Waals surface area (Å²) < 4.78 is 0. The van der Waals surface area contributed by atoms with Gasteiger partial charge >= 0.3 is 0 Å². The number of carbonyl (C=O) groups is 1. The van der Waals surface area contributed by atoms with Gasteiger partial charge in [-0.2, -0.15) is 0 Å². The molecule has 0 aliphatic heterocycles. The first kappa shape index (κ1) is 18.9. The molecule has 0 radical (unpaired) electrons. The van der Waals surface area contributed by atoms with Crippen LogP contribution in [0.3, 0.4) is 0 Å². The molecule has 1 rings (SSSR count). The van der Waals surface area contributed by atoms with Crippen LogP contribution < -0.4 is 11.1 Å². The maximum absolute atomic E-state index is 11.8. The van der Waals surface area contributed by atoms with Gasteiger partial charge in [0.2, 0.25) is 5.91 Å². The van der Waals surface area contributed by atoms with Crippen molar-refractivity contribution in [2.75, 3.05) is 0 Å². The van der Waals surface area contributed by atoms with Gasteiger partial charge in [0.05, 0.1) is 0 Å². The molecule has 20 heavy (non-hydrogen) atoms. The van der Waals surface area contributed by atoms with Crippen molar-refractivity contribution in [3.8, 4) is 0 Å². The number of hydrogen-bond acceptors (Lipinski definition) is 2. The summed E-state index contributed by atoms with van der Waals surface area (Å²) in [5, 5.41) is 2.92. The fourth-order valence-electron chi connectivity index (χ4n) is 1.71. The van der Waals surface area contributed by atoms with Crippen molar-refractivity contribution >= 4 is 18.3 Å². The molecule has 3 N–H and O–H groups in total. The Morgan fingerprint density at radius 3 is 2.10 bits per heavy atom. The van der Waals surface area contributed by atoms with Crippen LogP contribution in [-0.4, -0.2) is 11.9 Å². The number of benzene rings is 1. The van der Waals surface area contributed by atoms with E-state index in [4.69, 9.17) is 5.73 Å². The number of nitrogens with two attached hydrogens (primary N) is 1. The Morgan fingerprint density at radius 2 is 1.70 bits per heavy atom. The Labute approximate surface area is 128 Å². The van der Waals surface area contributed by atoms with E-state index in [9.17, 15) is 4.79 Å². The molecule has 0 aliphatic rings. The minimum atomic E-state index is -0.158. The van der Waals surface area contributed by atoms with Gasteiger partial charge in [-0.05, 0) is 23.5 Å². The molecule has 1 aromatic rings. The summed E-state index contributed by atoms with van der Waals surface area (Å²) in [7, 11) is 0. The summed E-state index contributed by atoms with van der Waals surface area (Å²) in [6, 6.07) is 8.25. The molecule has 4 heteroatoms. The highest BCUT2D eigenvalue weighted by molar-refractivity contribution is 5.85. The van der Waals surface area contributed by atoms with Crippen molar-refractivity contribution in [3.63, 3.8) is 0 Å². The average molecular weight is 299 g/mol. The molecular formula is C16H27ClN2O. The predicted octanol–water partition coefficient (Wildman–Crippen LogP) is 3.01. The van der Waals surface area contributed by atoms with E-state index in [1.54, 1.807) is 0 Å². The summed E-state index contributed by atoms with van der Waals surface area (Å²) in [6.07, 6.45) is 0. The van der Waals surface area contributed by atoms with Gasteiger partial charge in [0, 0.05) is 18.5 Å². The van der Waals surface area contributed by atoms with Gasteiger partial charge in [-0.25, -0.2) is 0 Å². The van der Waals surface area contributed by atoms with Gasteiger partial charge in [0.25, 0.3) is 0 Å². The Balaban J connectivity index is 0.00000361. The van der Waals surface area contributed by atoms with Crippen LogP contribution in [0.25, 0.3) is 0 Å². The van der Waals surface area contributed by atoms with Crippen LogP contribution in [0, 0.1) is 5.92 Å². The normalized spacial score (nSPS) is 14.1. The first-order valence-electron chi connectivity index (χ1n) is 6.84. The number of carbonyl (C=O) groups excluding carboxylic acids is 1. The number of halogens is 1. The van der Waals surface area contributed by atoms with E-state index in [0.29, 0.717) is 6.54 Å². The van der Waals surface area contributed by atoms with Crippen LogP contribution in [0.1, 0.15) is 45.7 Å². The van der Waals surface area contributed by atoms with Crippen molar-refractivity contribution < 1.29 is 4.79 Å². The molecule has 0 saturated carbocycles. The molecule has 2 unspecified atom stereocenters. The van der Waals surface area contributed by atoms with Gasteiger partial charge in [0.15, 0.2) is 0 Å². The molecule has 0 aliphatic carbocycles. The van der Waals surface area contributed by atoms with Crippen molar-refractivity contribution in [1.82, 2.24) is 5.32 Å². The zero-order valence-corrected chi connectivity index (χ0v) is 13.9. The topological polar surface area (TPSA) is 55.1 Å². The van der Waals surface area contributed by atoms with E-state index in [-0.39, 0.29) is 35.7 Å². The predicted molar refractivity (Wildman–Crippen MR) is 87.1 cm³/mol. The Morgan fingerprint density at radius 1 is 1.20 bits per heavy atom. The van der Waals surface area contributed by atoms with Crippen LogP contribution in [0.5, 0.6) is 0 Å². The van der Waals surface area contributed by atoms with Crippen LogP contribution in [0.2, 0.25) is 0 Å². The quantitative estimate of drug-likeness (QED) is 0.898. The van der Waals surface area contributed by atoms with Gasteiger partial charge < -0.3 is 11.1 Å². The zero-order valence-electron chi connectivity index (χ0n) is 13.1. The van der Waals surface area contributed by atoms with E-state index >= 15 is 0 Å². The Bertz CT molecular complexity index is 421. The van der Waals surface area contributed by atoms with Crippen LogP contribution in [0.4, 0.5) is 0 Å². The number of rotatable bonds is 4. The van der Waals surface area contributed by atoms with Crippen LogP contribution >= 0.6 is 12.4 Å². The number of nitrogens with one attached hydrogen (secondary N) is 1. The lowest BCUT2D eigenvalue weighted by atomic mass is 9.87. The van der Waals surface area contributed by atoms with Crippen LogP contribution in [0.15, 0.2) is 24.3 Å². The molecule has 114 valence electrons. The molecule has 1 amide bonds. The lowest BCUT2D eigenvalue weighted by Gasteiger charge is -2.19. The fraction of sp³-hybridized carbons (Fsp3) is 0.562. The second kappa shape index (κ2) is 7.65. The standard InChI is InChI=1S/C16H26N2O.ClH/c1-11(12(2)17)15(19)18-10-13-6-8-14(9-7-13)16(3,4)5;/h6-9,11-12H,10,17H2,1-5H3,(H,18,19);1H. The summed E-state index contributed by atoms with van der Waals surface area (Å²) in [5.41, 5.74) is 8.28. The molecule has 3 nitrogen and oxygen atoms in total. The molecule has 1 aromatic carbocycles. The van der Waals surface area contributed by atoms with Crippen molar-refractivity contribution in [3.05, 3.63) is 35.4 Å². The molecule has 0 heterocycles. The second-order valence-corrected chi connectivity index (χ2v) is 6.31. The molecule has 0 saturated heterocycles. The zero-order chi connectivity index (χ0) is 14.6. The molecule has 0 spiro atoms. The third-order valence-corrected chi connectivity index (χ3v) is 3.49. The van der Waals surface area contributed by atoms with Crippen LogP contribution in [-0.2, 0) is 16.8 Å². The maximum atomic E-state index is 11.8. The third-order valence-electron chi connectivity index (χ3n) is 3.49. The largest absolute Gasteiger partial charge is 0.352 e. The van der Waals surface area contributed by atoms with Crippen molar-refractivity contribution in [1.29, 1.82) is 0 Å². The lowest BCUT2D eigenvalue weighted by Crippen LogP contribution is -2.38. The highest BCUT2D eigenvalue weighted by Gasteiger charge is 2.16. The Hall–Kier alpha value is -1.06. The lowest BCUT2D eigenvalue weighted by molar-refractivity contribution is -0.125. The van der Waals surface area contributed by atoms with Crippen molar-refractivity contribution in [2.24, 2.45) is 11.7 Å². The summed E-state index contributed by atoms with van der Waals surface area (Å²) in [5.74, 6) is -0.149. The van der Waals surface area contributed by atoms with E-state index in [0.717, 1.165) is 5.56 Å². The van der Waals surface area contributed by atoms with E-state index in [1.807, 2.05) is 13.8 Å². The van der Waals surface area contributed by atoms with E-state index in [2.05, 4.69) is 50.4 Å². The summed E-state index contributed by atoms with van der Waals surface area (Å²) >= 11 is 0. The number of amides is 1. The minimum Gasteiger partial charge on any atom is -0.352 e. The summed E-state index contributed by atoms with van der Waals surface area (Å²) in [4.78, 5) is 11.8. The monoisotopic (exact) mass is 298 g/mol. The first-order chi connectivity index (χ1) is 8.71. The molecule has 2 atom stereocenters. The number of hydrogen-bond donors (Lipinski definition) is 2. The van der Waals surface area contributed by atoms with Crippen molar-refractivity contribution in [2.45, 2.75) is 52.6 Å². The smallest absolute Gasteiger partial charge is 0.224 e. The third kappa shape index (κ3) is 5.51. The fourth-order valence-corrected chi connectivity index (χ4v) is 1.71. The second-order valence-electron chi connectivity index (χ2n) is 6.31. The molecular weight excluding hydrogens is 272 g/mol. The maximum Gasteiger partial charge on any atom is 0.224 e. The Kier molecular flexibility index (Phi) is 7.25. The highest BCUT2D eigenvalue weighted by atomic mass is 35.5. The first-order valence-corrected chi connectivity index (χ1v) is 6.84. The highest BCUT2D eigenvalue weighted by Crippen LogP contribution is 2.22. The van der Waals surface area contributed by atoms with Gasteiger partial charge in [-0.3, -0.25) is 4.79 Å². The van der Waals surface area contributed by atoms with Gasteiger partial charge in [-0.1, -0.05) is 52.0 Å².